The first-order valence-corrected chi connectivity index (χ1v) is 8.88. The molecule has 28 heavy (non-hydrogen) atoms. The van der Waals surface area contributed by atoms with Gasteiger partial charge in [-0.05, 0) is 55.0 Å². The van der Waals surface area contributed by atoms with Crippen molar-refractivity contribution < 1.29 is 14.1 Å². The van der Waals surface area contributed by atoms with Crippen LogP contribution in [-0.4, -0.2) is 10.8 Å². The minimum atomic E-state index is -0.541. The quantitative estimate of drug-likeness (QED) is 0.308. The van der Waals surface area contributed by atoms with E-state index in [1.165, 1.54) is 24.3 Å². The summed E-state index contributed by atoms with van der Waals surface area (Å²) >= 11 is 12.0. The van der Waals surface area contributed by atoms with Crippen LogP contribution >= 0.6 is 23.2 Å². The Labute approximate surface area is 170 Å². The molecule has 3 aromatic rings. The van der Waals surface area contributed by atoms with Crippen LogP contribution in [0.4, 0.5) is 11.4 Å². The molecule has 0 bridgehead atoms. The highest BCUT2D eigenvalue weighted by Crippen LogP contribution is 2.32. The van der Waals surface area contributed by atoms with Crippen LogP contribution in [0, 0.1) is 17.0 Å². The number of carbonyl (C=O) groups excluding carboxylic acids is 1. The number of furan rings is 1. The zero-order valence-electron chi connectivity index (χ0n) is 14.6. The minimum absolute atomic E-state index is 0.123. The zero-order chi connectivity index (χ0) is 20.3. The zero-order valence-corrected chi connectivity index (χ0v) is 16.1. The van der Waals surface area contributed by atoms with Gasteiger partial charge in [-0.25, -0.2) is 0 Å². The summed E-state index contributed by atoms with van der Waals surface area (Å²) in [5.41, 5.74) is 1.35. The molecule has 142 valence electrons. The van der Waals surface area contributed by atoms with Crippen molar-refractivity contribution in [1.29, 1.82) is 0 Å². The number of benzene rings is 2. The fraction of sp³-hybridized carbons (Fsp3) is 0.0500. The number of carbonyl (C=O) groups is 1. The van der Waals surface area contributed by atoms with Crippen molar-refractivity contribution in [2.24, 2.45) is 0 Å². The second-order valence-electron chi connectivity index (χ2n) is 5.93. The standard InChI is InChI=1S/C20H14Cl2N2O4/c1-12-2-7-17(18(10-12)24(26)27)23-20(25)9-5-14-4-8-19(28-14)15-6-3-13(21)11-16(15)22/h2-11H,1H3,(H,23,25). The molecule has 1 N–H and O–H groups in total. The smallest absolute Gasteiger partial charge is 0.293 e. The maximum Gasteiger partial charge on any atom is 0.293 e. The summed E-state index contributed by atoms with van der Waals surface area (Å²) in [5, 5.41) is 14.6. The van der Waals surface area contributed by atoms with Gasteiger partial charge < -0.3 is 9.73 Å². The van der Waals surface area contributed by atoms with Crippen LogP contribution < -0.4 is 5.32 Å². The fourth-order valence-corrected chi connectivity index (χ4v) is 3.01. The molecule has 0 unspecified atom stereocenters. The van der Waals surface area contributed by atoms with Crippen LogP contribution in [0.15, 0.2) is 59.0 Å². The van der Waals surface area contributed by atoms with E-state index in [1.54, 1.807) is 43.3 Å². The predicted molar refractivity (Wildman–Crippen MR) is 110 cm³/mol. The number of rotatable bonds is 5. The summed E-state index contributed by atoms with van der Waals surface area (Å²) in [6.45, 7) is 1.74. The van der Waals surface area contributed by atoms with Crippen LogP contribution in [-0.2, 0) is 4.79 Å². The summed E-state index contributed by atoms with van der Waals surface area (Å²) in [5.74, 6) is 0.430. The molecule has 2 aromatic carbocycles. The molecule has 8 heteroatoms. The largest absolute Gasteiger partial charge is 0.457 e. The van der Waals surface area contributed by atoms with Gasteiger partial charge in [0.2, 0.25) is 5.91 Å². The van der Waals surface area contributed by atoms with Gasteiger partial charge in [0, 0.05) is 22.7 Å². The summed E-state index contributed by atoms with van der Waals surface area (Å²) in [6.07, 6.45) is 2.69. The normalized spacial score (nSPS) is 11.0. The topological polar surface area (TPSA) is 85.4 Å². The molecule has 0 aliphatic rings. The van der Waals surface area contributed by atoms with Crippen LogP contribution in [0.5, 0.6) is 0 Å². The van der Waals surface area contributed by atoms with E-state index < -0.39 is 10.8 Å². The average Bonchev–Trinajstić information content (AvgIpc) is 3.10. The Hall–Kier alpha value is -3.09. The average molecular weight is 417 g/mol. The second kappa shape index (κ2) is 8.29. The number of halogens is 2. The highest BCUT2D eigenvalue weighted by molar-refractivity contribution is 6.36. The number of hydrogen-bond donors (Lipinski definition) is 1. The number of nitro groups is 1. The minimum Gasteiger partial charge on any atom is -0.457 e. The van der Waals surface area contributed by atoms with Crippen LogP contribution in [0.1, 0.15) is 11.3 Å². The lowest BCUT2D eigenvalue weighted by molar-refractivity contribution is -0.384. The Morgan fingerprint density at radius 3 is 2.64 bits per heavy atom. The van der Waals surface area contributed by atoms with Crippen molar-refractivity contribution in [1.82, 2.24) is 0 Å². The van der Waals surface area contributed by atoms with Gasteiger partial charge in [0.05, 0.1) is 9.95 Å². The Bertz CT molecular complexity index is 1090. The number of amides is 1. The first-order chi connectivity index (χ1) is 13.3. The van der Waals surface area contributed by atoms with E-state index >= 15 is 0 Å². The maximum atomic E-state index is 12.1. The Morgan fingerprint density at radius 1 is 1.14 bits per heavy atom. The third-order valence-electron chi connectivity index (χ3n) is 3.83. The number of hydrogen-bond acceptors (Lipinski definition) is 4. The molecule has 1 aromatic heterocycles. The molecule has 0 aliphatic carbocycles. The molecule has 3 rings (SSSR count). The molecule has 0 saturated heterocycles. The van der Waals surface area contributed by atoms with Gasteiger partial charge in [-0.15, -0.1) is 0 Å². The first kappa shape index (κ1) is 19.7. The highest BCUT2D eigenvalue weighted by Gasteiger charge is 2.15. The van der Waals surface area contributed by atoms with E-state index in [-0.39, 0.29) is 11.4 Å². The van der Waals surface area contributed by atoms with Crippen LogP contribution in [0.25, 0.3) is 17.4 Å². The molecule has 0 saturated carbocycles. The molecular formula is C20H14Cl2N2O4. The van der Waals surface area contributed by atoms with Gasteiger partial charge >= 0.3 is 0 Å². The summed E-state index contributed by atoms with van der Waals surface area (Å²) in [6, 6.07) is 13.0. The van der Waals surface area contributed by atoms with Crippen molar-refractivity contribution in [3.8, 4) is 11.3 Å². The molecule has 1 heterocycles. The van der Waals surface area contributed by atoms with E-state index in [1.807, 2.05) is 0 Å². The van der Waals surface area contributed by atoms with Gasteiger partial charge in [0.15, 0.2) is 0 Å². The highest BCUT2D eigenvalue weighted by atomic mass is 35.5. The molecule has 0 radical (unpaired) electrons. The number of nitro benzene ring substituents is 1. The lowest BCUT2D eigenvalue weighted by atomic mass is 10.2. The molecule has 0 atom stereocenters. The van der Waals surface area contributed by atoms with Crippen molar-refractivity contribution >= 4 is 46.6 Å². The lowest BCUT2D eigenvalue weighted by Gasteiger charge is -2.04. The molecule has 0 aliphatic heterocycles. The van der Waals surface area contributed by atoms with E-state index in [0.29, 0.717) is 27.1 Å². The van der Waals surface area contributed by atoms with E-state index in [9.17, 15) is 14.9 Å². The second-order valence-corrected chi connectivity index (χ2v) is 6.77. The van der Waals surface area contributed by atoms with Crippen LogP contribution in [0.3, 0.4) is 0 Å². The molecule has 0 spiro atoms. The molecular weight excluding hydrogens is 403 g/mol. The summed E-state index contributed by atoms with van der Waals surface area (Å²) < 4.78 is 5.67. The predicted octanol–water partition coefficient (Wildman–Crippen LogP) is 6.12. The number of anilines is 1. The van der Waals surface area contributed by atoms with E-state index in [0.717, 1.165) is 5.56 Å². The Kier molecular flexibility index (Phi) is 5.82. The molecule has 1 amide bonds. The number of nitrogens with zero attached hydrogens (tertiary/aromatic N) is 1. The lowest BCUT2D eigenvalue weighted by Crippen LogP contribution is -2.09. The summed E-state index contributed by atoms with van der Waals surface area (Å²) in [7, 11) is 0. The number of aryl methyl sites for hydroxylation is 1. The van der Waals surface area contributed by atoms with Gasteiger partial charge in [0.1, 0.15) is 17.2 Å². The van der Waals surface area contributed by atoms with E-state index in [4.69, 9.17) is 27.6 Å². The SMILES string of the molecule is Cc1ccc(NC(=O)C=Cc2ccc(-c3ccc(Cl)cc3Cl)o2)c([N+](=O)[O-])c1. The monoisotopic (exact) mass is 416 g/mol. The fourth-order valence-electron chi connectivity index (χ4n) is 2.51. The first-order valence-electron chi connectivity index (χ1n) is 8.13. The third-order valence-corrected chi connectivity index (χ3v) is 4.38. The third kappa shape index (κ3) is 4.60. The van der Waals surface area contributed by atoms with Crippen LogP contribution in [0.2, 0.25) is 10.0 Å². The summed E-state index contributed by atoms with van der Waals surface area (Å²) in [4.78, 5) is 22.7. The van der Waals surface area contributed by atoms with E-state index in [2.05, 4.69) is 5.32 Å². The Morgan fingerprint density at radius 2 is 1.93 bits per heavy atom. The molecule has 6 nitrogen and oxygen atoms in total. The van der Waals surface area contributed by atoms with Crippen molar-refractivity contribution in [3.05, 3.63) is 86.1 Å². The van der Waals surface area contributed by atoms with Crippen molar-refractivity contribution in [3.63, 3.8) is 0 Å². The van der Waals surface area contributed by atoms with Crippen molar-refractivity contribution in [2.75, 3.05) is 5.32 Å². The number of nitrogens with one attached hydrogen (secondary N) is 1. The maximum absolute atomic E-state index is 12.1. The van der Waals surface area contributed by atoms with Gasteiger partial charge in [0.25, 0.3) is 5.69 Å². The van der Waals surface area contributed by atoms with Gasteiger partial charge in [-0.3, -0.25) is 14.9 Å². The van der Waals surface area contributed by atoms with Gasteiger partial charge in [-0.1, -0.05) is 29.3 Å². The molecule has 0 fully saturated rings. The van der Waals surface area contributed by atoms with Crippen molar-refractivity contribution in [2.45, 2.75) is 6.92 Å². The van der Waals surface area contributed by atoms with Gasteiger partial charge in [-0.2, -0.15) is 0 Å². The Balaban J connectivity index is 1.74.